The van der Waals surface area contributed by atoms with E-state index in [-0.39, 0.29) is 36.0 Å². The number of carbonyl (C=O) groups is 3. The summed E-state index contributed by atoms with van der Waals surface area (Å²) in [7, 11) is 1.45. The predicted molar refractivity (Wildman–Crippen MR) is 188 cm³/mol. The van der Waals surface area contributed by atoms with Crippen LogP contribution in [0.1, 0.15) is 83.4 Å². The lowest BCUT2D eigenvalue weighted by molar-refractivity contribution is -0.134. The van der Waals surface area contributed by atoms with Crippen molar-refractivity contribution in [3.05, 3.63) is 47.7 Å². The van der Waals surface area contributed by atoms with Gasteiger partial charge in [0.1, 0.15) is 5.75 Å². The fourth-order valence-electron chi connectivity index (χ4n) is 8.04. The Morgan fingerprint density at radius 2 is 1.78 bits per heavy atom. The summed E-state index contributed by atoms with van der Waals surface area (Å²) < 4.78 is 20.5. The van der Waals surface area contributed by atoms with Gasteiger partial charge in [-0.1, -0.05) is 6.07 Å². The first-order valence-electron chi connectivity index (χ1n) is 17.6. The van der Waals surface area contributed by atoms with Crippen LogP contribution in [0.3, 0.4) is 0 Å². The molecule has 1 atom stereocenters. The number of rotatable bonds is 8. The third-order valence-corrected chi connectivity index (χ3v) is 11.7. The van der Waals surface area contributed by atoms with Crippen LogP contribution in [0.15, 0.2) is 36.4 Å². The summed E-state index contributed by atoms with van der Waals surface area (Å²) in [5.41, 5.74) is 3.97. The Morgan fingerprint density at radius 1 is 1.06 bits per heavy atom. The first kappa shape index (κ1) is 33.7. The Balaban J connectivity index is 0.856. The van der Waals surface area contributed by atoms with Gasteiger partial charge < -0.3 is 19.4 Å². The van der Waals surface area contributed by atoms with Crippen molar-refractivity contribution in [1.29, 1.82) is 0 Å². The molecule has 3 aromatic rings. The van der Waals surface area contributed by atoms with Gasteiger partial charge in [0.15, 0.2) is 0 Å². The fraction of sp³-hybridized carbons (Fsp3) is 0.568. The summed E-state index contributed by atoms with van der Waals surface area (Å²) in [6.07, 6.45) is 5.29. The van der Waals surface area contributed by atoms with Gasteiger partial charge in [-0.15, -0.1) is 0 Å². The van der Waals surface area contributed by atoms with E-state index >= 15 is 0 Å². The van der Waals surface area contributed by atoms with Gasteiger partial charge >= 0.3 is 7.12 Å². The molecule has 0 radical (unpaired) electrons. The number of likely N-dealkylation sites (tertiary alicyclic amines) is 1. The van der Waals surface area contributed by atoms with Crippen LogP contribution >= 0.6 is 0 Å². The minimum atomic E-state index is -0.460. The molecule has 49 heavy (non-hydrogen) atoms. The Bertz CT molecular complexity index is 1770. The highest BCUT2D eigenvalue weighted by Gasteiger charge is 2.52. The lowest BCUT2D eigenvalue weighted by Gasteiger charge is -2.52. The summed E-state index contributed by atoms with van der Waals surface area (Å²) in [4.78, 5) is 39.3. The number of ether oxygens (including phenoxy) is 1. The van der Waals surface area contributed by atoms with Crippen LogP contribution in [0, 0.1) is 18.3 Å². The van der Waals surface area contributed by atoms with Crippen LogP contribution in [0.4, 0.5) is 5.69 Å². The number of hydrogen-bond donors (Lipinski definition) is 2. The van der Waals surface area contributed by atoms with E-state index < -0.39 is 5.92 Å². The average molecular weight is 670 g/mol. The van der Waals surface area contributed by atoms with Crippen molar-refractivity contribution >= 4 is 46.9 Å². The number of fused-ring (bicyclic) bond motifs is 1. The Labute approximate surface area is 288 Å². The smallest absolute Gasteiger partial charge is 0.493 e. The van der Waals surface area contributed by atoms with E-state index in [1.807, 2.05) is 31.3 Å². The van der Waals surface area contributed by atoms with E-state index in [0.717, 1.165) is 60.2 Å². The molecule has 1 spiro atoms. The Kier molecular flexibility index (Phi) is 8.64. The standard InChI is InChI=1S/C37H48BN5O6/c1-23-17-26(8-11-29(23)38-48-35(2,3)36(4,5)49-38)47-22-24-19-37(20-24)13-15-43(16-14-37)21-32(45)39-25-7-9-27-30(18-25)42(6)41-33(27)28-10-12-31(44)40-34(28)46/h7-9,11,17-18,24,28H,10,12-16,19-22H2,1-6H3,(H,39,45)(H,40,44,46). The molecule has 7 rings (SSSR count). The van der Waals surface area contributed by atoms with Crippen LogP contribution < -0.4 is 20.8 Å². The van der Waals surface area contributed by atoms with Crippen LogP contribution in [0.2, 0.25) is 0 Å². The van der Waals surface area contributed by atoms with Crippen molar-refractivity contribution in [3.8, 4) is 5.75 Å². The molecule has 260 valence electrons. The van der Waals surface area contributed by atoms with Crippen molar-refractivity contribution in [2.45, 2.75) is 90.3 Å². The van der Waals surface area contributed by atoms with E-state index in [0.29, 0.717) is 42.1 Å². The molecule has 3 aliphatic heterocycles. The minimum Gasteiger partial charge on any atom is -0.493 e. The number of aryl methyl sites for hydroxylation is 2. The topological polar surface area (TPSA) is 124 Å². The molecule has 1 saturated carbocycles. The largest absolute Gasteiger partial charge is 0.495 e. The quantitative estimate of drug-likeness (QED) is 0.270. The van der Waals surface area contributed by atoms with Gasteiger partial charge in [0, 0.05) is 24.5 Å². The number of imide groups is 1. The van der Waals surface area contributed by atoms with Crippen LogP contribution in [-0.4, -0.2) is 77.0 Å². The molecule has 12 heteroatoms. The van der Waals surface area contributed by atoms with E-state index in [9.17, 15) is 14.4 Å². The lowest BCUT2D eigenvalue weighted by Crippen LogP contribution is -2.49. The Morgan fingerprint density at radius 3 is 2.45 bits per heavy atom. The summed E-state index contributed by atoms with van der Waals surface area (Å²) >= 11 is 0. The maximum absolute atomic E-state index is 13.0. The molecule has 2 N–H and O–H groups in total. The van der Waals surface area contributed by atoms with Gasteiger partial charge in [-0.05, 0) is 133 Å². The highest BCUT2D eigenvalue weighted by molar-refractivity contribution is 6.62. The zero-order valence-corrected chi connectivity index (χ0v) is 29.6. The first-order valence-corrected chi connectivity index (χ1v) is 17.6. The number of amides is 3. The van der Waals surface area contributed by atoms with Crippen LogP contribution in [-0.2, 0) is 30.7 Å². The second kappa shape index (κ2) is 12.5. The van der Waals surface area contributed by atoms with Crippen LogP contribution in [0.25, 0.3) is 10.9 Å². The molecule has 1 aliphatic carbocycles. The highest BCUT2D eigenvalue weighted by atomic mass is 16.7. The molecule has 3 saturated heterocycles. The maximum atomic E-state index is 13.0. The second-order valence-corrected chi connectivity index (χ2v) is 15.8. The van der Waals surface area contributed by atoms with E-state index in [2.05, 4.69) is 67.4 Å². The van der Waals surface area contributed by atoms with Crippen LogP contribution in [0.5, 0.6) is 5.75 Å². The van der Waals surface area contributed by atoms with Crippen molar-refractivity contribution in [1.82, 2.24) is 20.0 Å². The summed E-state index contributed by atoms with van der Waals surface area (Å²) in [5, 5.41) is 10.9. The molecular formula is C37H48BN5O6. The predicted octanol–water partition coefficient (Wildman–Crippen LogP) is 4.21. The number of aromatic nitrogens is 2. The molecule has 4 heterocycles. The molecule has 1 unspecified atom stereocenters. The van der Waals surface area contributed by atoms with E-state index in [1.54, 1.807) is 4.68 Å². The number of anilines is 1. The number of nitrogens with zero attached hydrogens (tertiary/aromatic N) is 3. The normalized spacial score (nSPS) is 23.5. The van der Waals surface area contributed by atoms with Gasteiger partial charge in [0.2, 0.25) is 17.7 Å². The average Bonchev–Trinajstić information content (AvgIpc) is 3.45. The SMILES string of the molecule is Cc1cc(OCC2CC3(CCN(CC(=O)Nc4ccc5c(C6CCC(=O)NC6=O)nn(C)c5c4)CC3)C2)ccc1B1OC(C)(C)C(C)(C)O1. The van der Waals surface area contributed by atoms with Crippen molar-refractivity contribution < 1.29 is 28.4 Å². The molecular weight excluding hydrogens is 621 g/mol. The molecule has 2 aromatic carbocycles. The van der Waals surface area contributed by atoms with Crippen molar-refractivity contribution in [2.24, 2.45) is 18.4 Å². The van der Waals surface area contributed by atoms with Gasteiger partial charge in [-0.2, -0.15) is 5.10 Å². The fourth-order valence-corrected chi connectivity index (χ4v) is 8.04. The number of nitrogens with one attached hydrogen (secondary N) is 2. The first-order chi connectivity index (χ1) is 23.2. The summed E-state index contributed by atoms with van der Waals surface area (Å²) in [5.74, 6) is 0.387. The second-order valence-electron chi connectivity index (χ2n) is 15.8. The zero-order chi connectivity index (χ0) is 34.7. The monoisotopic (exact) mass is 669 g/mol. The molecule has 1 aromatic heterocycles. The van der Waals surface area contributed by atoms with Crippen molar-refractivity contribution in [3.63, 3.8) is 0 Å². The third kappa shape index (κ3) is 6.62. The Hall–Kier alpha value is -3.74. The van der Waals surface area contributed by atoms with Gasteiger partial charge in [-0.25, -0.2) is 0 Å². The van der Waals surface area contributed by atoms with Gasteiger partial charge in [0.05, 0.1) is 41.5 Å². The van der Waals surface area contributed by atoms with Crippen molar-refractivity contribution in [2.75, 3.05) is 31.6 Å². The molecule has 4 fully saturated rings. The minimum absolute atomic E-state index is 0.0393. The maximum Gasteiger partial charge on any atom is 0.495 e. The number of hydrogen-bond acceptors (Lipinski definition) is 8. The van der Waals surface area contributed by atoms with Gasteiger partial charge in [-0.3, -0.25) is 29.3 Å². The highest BCUT2D eigenvalue weighted by Crippen LogP contribution is 2.52. The van der Waals surface area contributed by atoms with Gasteiger partial charge in [0.25, 0.3) is 0 Å². The van der Waals surface area contributed by atoms with E-state index in [1.165, 1.54) is 12.8 Å². The summed E-state index contributed by atoms with van der Waals surface area (Å²) in [6.45, 7) is 13.3. The number of carbonyl (C=O) groups excluding carboxylic acids is 3. The third-order valence-electron chi connectivity index (χ3n) is 11.7. The lowest BCUT2D eigenvalue weighted by atomic mass is 9.58. The number of benzene rings is 2. The number of piperidine rings is 2. The zero-order valence-electron chi connectivity index (χ0n) is 29.6. The molecule has 3 amide bonds. The molecule has 0 bridgehead atoms. The molecule has 4 aliphatic rings. The van der Waals surface area contributed by atoms with E-state index in [4.69, 9.17) is 14.0 Å². The summed E-state index contributed by atoms with van der Waals surface area (Å²) in [6, 6.07) is 11.8. The molecule has 11 nitrogen and oxygen atoms in total.